The number of aryl methyl sites for hydroxylation is 3. The van der Waals surface area contributed by atoms with Crippen LogP contribution in [0.1, 0.15) is 10.6 Å². The summed E-state index contributed by atoms with van der Waals surface area (Å²) < 4.78 is 3.96. The fourth-order valence-corrected chi connectivity index (χ4v) is 3.30. The van der Waals surface area contributed by atoms with E-state index in [0.29, 0.717) is 0 Å². The fourth-order valence-electron chi connectivity index (χ4n) is 2.53. The number of hydrogen-bond donors (Lipinski definition) is 1. The monoisotopic (exact) mass is 356 g/mol. The van der Waals surface area contributed by atoms with Gasteiger partial charge in [-0.1, -0.05) is 6.07 Å². The molecule has 25 heavy (non-hydrogen) atoms. The molecular formula is C16H16N6O2S. The summed E-state index contributed by atoms with van der Waals surface area (Å²) in [5, 5.41) is 11.2. The summed E-state index contributed by atoms with van der Waals surface area (Å²) in [5.74, 6) is 0.901. The molecule has 8 nitrogen and oxygen atoms in total. The Balaban J connectivity index is 0.000000569. The second-order valence-corrected chi connectivity index (χ2v) is 6.04. The Kier molecular flexibility index (Phi) is 5.14. The number of hydrogen-bond acceptors (Lipinski definition) is 6. The summed E-state index contributed by atoms with van der Waals surface area (Å²) in [5.41, 5.74) is 4.78. The molecule has 0 saturated heterocycles. The Morgan fingerprint density at radius 3 is 2.88 bits per heavy atom. The Bertz CT molecular complexity index is 974. The third-order valence-electron chi connectivity index (χ3n) is 3.67. The highest BCUT2D eigenvalue weighted by molar-refractivity contribution is 7.09. The second-order valence-electron chi connectivity index (χ2n) is 5.10. The van der Waals surface area contributed by atoms with E-state index in [1.807, 2.05) is 40.6 Å². The highest BCUT2D eigenvalue weighted by atomic mass is 32.1. The summed E-state index contributed by atoms with van der Waals surface area (Å²) in [4.78, 5) is 22.7. The van der Waals surface area contributed by atoms with Gasteiger partial charge in [0.25, 0.3) is 6.47 Å². The molecule has 0 fully saturated rings. The number of carboxylic acid groups (broad SMARTS) is 1. The van der Waals surface area contributed by atoms with Gasteiger partial charge in [-0.25, -0.2) is 19.5 Å². The molecular weight excluding hydrogens is 340 g/mol. The number of nitrogens with zero attached hydrogens (tertiary/aromatic N) is 6. The van der Waals surface area contributed by atoms with Crippen LogP contribution in [0.4, 0.5) is 0 Å². The van der Waals surface area contributed by atoms with E-state index in [0.717, 1.165) is 35.8 Å². The van der Waals surface area contributed by atoms with E-state index < -0.39 is 0 Å². The molecule has 4 aromatic heterocycles. The molecule has 0 unspecified atom stereocenters. The third-order valence-corrected chi connectivity index (χ3v) is 4.67. The van der Waals surface area contributed by atoms with E-state index in [1.54, 1.807) is 17.7 Å². The van der Waals surface area contributed by atoms with Crippen molar-refractivity contribution in [3.63, 3.8) is 0 Å². The first kappa shape index (κ1) is 16.8. The van der Waals surface area contributed by atoms with Gasteiger partial charge in [0.2, 0.25) is 0 Å². The number of carbonyl (C=O) groups is 1. The van der Waals surface area contributed by atoms with Crippen molar-refractivity contribution in [2.24, 2.45) is 0 Å². The zero-order valence-corrected chi connectivity index (χ0v) is 14.3. The van der Waals surface area contributed by atoms with Crippen molar-refractivity contribution in [3.05, 3.63) is 53.0 Å². The average molecular weight is 356 g/mol. The van der Waals surface area contributed by atoms with Crippen molar-refractivity contribution in [2.45, 2.75) is 19.9 Å². The van der Waals surface area contributed by atoms with Crippen molar-refractivity contribution in [1.82, 2.24) is 29.1 Å². The van der Waals surface area contributed by atoms with Crippen LogP contribution in [-0.4, -0.2) is 40.7 Å². The van der Waals surface area contributed by atoms with E-state index in [-0.39, 0.29) is 6.47 Å². The first-order chi connectivity index (χ1) is 12.2. The first-order valence-electron chi connectivity index (χ1n) is 7.51. The molecule has 4 aromatic rings. The van der Waals surface area contributed by atoms with Crippen molar-refractivity contribution < 1.29 is 9.90 Å². The molecule has 0 aliphatic carbocycles. The minimum absolute atomic E-state index is 0.250. The maximum absolute atomic E-state index is 8.36. The molecule has 0 aliphatic rings. The molecule has 128 valence electrons. The lowest BCUT2D eigenvalue weighted by Crippen LogP contribution is -2.05. The standard InChI is InChI=1S/C15H14N6S.CH2O2/c1-11-13(22-10-18-11)5-7-20-8-6-16-15(20)12-3-2-4-14-17-9-19-21(12)14;2-1-3/h2-4,6,8-10H,5,7H2,1H3;1H,(H,2,3). The van der Waals surface area contributed by atoms with Crippen LogP contribution in [0.15, 0.2) is 42.4 Å². The summed E-state index contributed by atoms with van der Waals surface area (Å²) in [6, 6.07) is 5.93. The quantitative estimate of drug-likeness (QED) is 0.563. The molecule has 0 bridgehead atoms. The average Bonchev–Trinajstić information content (AvgIpc) is 3.34. The number of thiazole rings is 1. The molecule has 0 amide bonds. The minimum Gasteiger partial charge on any atom is -0.483 e. The van der Waals surface area contributed by atoms with Crippen LogP contribution < -0.4 is 0 Å². The summed E-state index contributed by atoms with van der Waals surface area (Å²) >= 11 is 1.70. The fraction of sp³-hybridized carbons (Fsp3) is 0.188. The van der Waals surface area contributed by atoms with Crippen LogP contribution in [0.25, 0.3) is 17.2 Å². The maximum atomic E-state index is 8.36. The lowest BCUT2D eigenvalue weighted by molar-refractivity contribution is -0.122. The van der Waals surface area contributed by atoms with Gasteiger partial charge in [-0.15, -0.1) is 11.3 Å². The predicted octanol–water partition coefficient (Wildman–Crippen LogP) is 2.30. The smallest absolute Gasteiger partial charge is 0.290 e. The SMILES string of the molecule is Cc1ncsc1CCn1ccnc1-c1cccc2ncnn12.O=CO. The highest BCUT2D eigenvalue weighted by Gasteiger charge is 2.11. The van der Waals surface area contributed by atoms with Crippen molar-refractivity contribution in [1.29, 1.82) is 0 Å². The van der Waals surface area contributed by atoms with Gasteiger partial charge in [-0.2, -0.15) is 5.10 Å². The van der Waals surface area contributed by atoms with Gasteiger partial charge < -0.3 is 9.67 Å². The molecule has 0 radical (unpaired) electrons. The van der Waals surface area contributed by atoms with Gasteiger partial charge in [-0.05, 0) is 19.1 Å². The summed E-state index contributed by atoms with van der Waals surface area (Å²) in [6.45, 7) is 2.67. The lowest BCUT2D eigenvalue weighted by atomic mass is 10.3. The van der Waals surface area contributed by atoms with Gasteiger partial charge >= 0.3 is 0 Å². The number of fused-ring (bicyclic) bond motifs is 1. The van der Waals surface area contributed by atoms with E-state index in [9.17, 15) is 0 Å². The molecule has 1 N–H and O–H groups in total. The van der Waals surface area contributed by atoms with Gasteiger partial charge in [0.1, 0.15) is 12.0 Å². The molecule has 0 atom stereocenters. The van der Waals surface area contributed by atoms with Crippen LogP contribution >= 0.6 is 11.3 Å². The normalized spacial score (nSPS) is 10.4. The molecule has 0 spiro atoms. The molecule has 0 aliphatic heterocycles. The van der Waals surface area contributed by atoms with Gasteiger partial charge in [0, 0.05) is 30.2 Å². The highest BCUT2D eigenvalue weighted by Crippen LogP contribution is 2.20. The molecule has 4 rings (SSSR count). The van der Waals surface area contributed by atoms with Gasteiger partial charge in [0.15, 0.2) is 11.5 Å². The number of pyridine rings is 1. The Hall–Kier alpha value is -3.07. The molecule has 9 heteroatoms. The molecule has 0 saturated carbocycles. The second kappa shape index (κ2) is 7.67. The zero-order chi connectivity index (χ0) is 17.6. The molecule has 4 heterocycles. The Morgan fingerprint density at radius 1 is 1.28 bits per heavy atom. The van der Waals surface area contributed by atoms with E-state index in [1.165, 1.54) is 4.88 Å². The summed E-state index contributed by atoms with van der Waals surface area (Å²) in [7, 11) is 0. The number of aromatic nitrogens is 6. The first-order valence-corrected chi connectivity index (χ1v) is 8.39. The van der Waals surface area contributed by atoms with Crippen molar-refractivity contribution in [2.75, 3.05) is 0 Å². The van der Waals surface area contributed by atoms with Crippen LogP contribution in [0.5, 0.6) is 0 Å². The van der Waals surface area contributed by atoms with E-state index in [2.05, 4.69) is 31.5 Å². The van der Waals surface area contributed by atoms with E-state index >= 15 is 0 Å². The predicted molar refractivity (Wildman–Crippen MR) is 93.5 cm³/mol. The van der Waals surface area contributed by atoms with Crippen LogP contribution in [0.3, 0.4) is 0 Å². The largest absolute Gasteiger partial charge is 0.483 e. The van der Waals surface area contributed by atoms with Crippen LogP contribution in [0, 0.1) is 6.92 Å². The Morgan fingerprint density at radius 2 is 2.12 bits per heavy atom. The number of imidazole rings is 1. The van der Waals surface area contributed by atoms with E-state index in [4.69, 9.17) is 9.90 Å². The zero-order valence-electron chi connectivity index (χ0n) is 13.5. The number of rotatable bonds is 4. The third kappa shape index (κ3) is 3.56. The lowest BCUT2D eigenvalue weighted by Gasteiger charge is -2.08. The van der Waals surface area contributed by atoms with Crippen molar-refractivity contribution >= 4 is 23.5 Å². The Labute approximate surface area is 147 Å². The van der Waals surface area contributed by atoms with Gasteiger partial charge in [-0.3, -0.25) is 4.79 Å². The minimum atomic E-state index is -0.250. The van der Waals surface area contributed by atoms with Gasteiger partial charge in [0.05, 0.1) is 11.2 Å². The van der Waals surface area contributed by atoms with Crippen LogP contribution in [0.2, 0.25) is 0 Å². The topological polar surface area (TPSA) is 98.2 Å². The summed E-state index contributed by atoms with van der Waals surface area (Å²) in [6.07, 6.45) is 6.34. The van der Waals surface area contributed by atoms with Crippen molar-refractivity contribution in [3.8, 4) is 11.5 Å². The van der Waals surface area contributed by atoms with Crippen LogP contribution in [-0.2, 0) is 17.8 Å². The maximum Gasteiger partial charge on any atom is 0.290 e. The molecule has 0 aromatic carbocycles.